The molecule has 0 spiro atoms. The summed E-state index contributed by atoms with van der Waals surface area (Å²) in [6.45, 7) is 3.10. The van der Waals surface area contributed by atoms with Crippen molar-refractivity contribution < 1.29 is 23.8 Å². The molecule has 0 radical (unpaired) electrons. The van der Waals surface area contributed by atoms with Gasteiger partial charge in [-0.15, -0.1) is 0 Å². The number of hydrazine groups is 1. The van der Waals surface area contributed by atoms with Crippen LogP contribution >= 0.6 is 0 Å². The number of nitrogens with one attached hydrogen (secondary N) is 4. The van der Waals surface area contributed by atoms with Gasteiger partial charge in [0, 0.05) is 25.8 Å². The molecule has 0 aromatic rings. The van der Waals surface area contributed by atoms with E-state index < -0.39 is 5.92 Å². The minimum atomic E-state index is -0.415. The molecule has 152 valence electrons. The van der Waals surface area contributed by atoms with Gasteiger partial charge in [-0.2, -0.15) is 0 Å². The number of amides is 1. The van der Waals surface area contributed by atoms with Gasteiger partial charge < -0.3 is 24.8 Å². The average Bonchev–Trinajstić information content (AvgIpc) is 3.38. The summed E-state index contributed by atoms with van der Waals surface area (Å²) < 4.78 is 16.1. The van der Waals surface area contributed by atoms with Gasteiger partial charge in [0.1, 0.15) is 12.8 Å². The van der Waals surface area contributed by atoms with Gasteiger partial charge >= 0.3 is 5.97 Å². The Hall–Kier alpha value is -1.30. The maximum atomic E-state index is 12.8. The lowest BCUT2D eigenvalue weighted by molar-refractivity contribution is -0.150. The Morgan fingerprint density at radius 2 is 1.96 bits per heavy atom. The van der Waals surface area contributed by atoms with E-state index in [1.807, 2.05) is 0 Å². The van der Waals surface area contributed by atoms with Gasteiger partial charge in [-0.3, -0.25) is 14.5 Å². The molecule has 0 aromatic carbocycles. The van der Waals surface area contributed by atoms with Crippen LogP contribution in [-0.4, -0.2) is 80.9 Å². The third-order valence-corrected chi connectivity index (χ3v) is 6.07. The fraction of sp³-hybridized carbons (Fsp3) is 0.882. The molecule has 6 atom stereocenters. The van der Waals surface area contributed by atoms with Gasteiger partial charge in [0.05, 0.1) is 31.4 Å². The highest BCUT2D eigenvalue weighted by Gasteiger charge is 2.46. The zero-order valence-corrected chi connectivity index (χ0v) is 15.6. The maximum Gasteiger partial charge on any atom is 0.310 e. The molecular formula is C17H29N5O5. The predicted octanol–water partition coefficient (Wildman–Crippen LogP) is -1.76. The van der Waals surface area contributed by atoms with E-state index in [2.05, 4.69) is 26.4 Å². The number of carbonyl (C=O) groups excluding carboxylic acids is 2. The Kier molecular flexibility index (Phi) is 5.90. The van der Waals surface area contributed by atoms with Crippen LogP contribution in [0, 0.1) is 5.92 Å². The van der Waals surface area contributed by atoms with E-state index in [1.54, 1.807) is 0 Å². The van der Waals surface area contributed by atoms with Crippen molar-refractivity contribution in [3.05, 3.63) is 0 Å². The Labute approximate surface area is 158 Å². The van der Waals surface area contributed by atoms with Crippen molar-refractivity contribution >= 4 is 11.9 Å². The molecule has 4 N–H and O–H groups in total. The highest BCUT2D eigenvalue weighted by molar-refractivity contribution is 5.83. The summed E-state index contributed by atoms with van der Waals surface area (Å²) in [7, 11) is 1.37. The molecule has 0 bridgehead atoms. The quantitative estimate of drug-likeness (QED) is 0.419. The van der Waals surface area contributed by atoms with Crippen molar-refractivity contribution in [1.29, 1.82) is 0 Å². The van der Waals surface area contributed by atoms with E-state index >= 15 is 0 Å². The summed E-state index contributed by atoms with van der Waals surface area (Å²) in [4.78, 5) is 27.3. The van der Waals surface area contributed by atoms with Crippen molar-refractivity contribution in [2.24, 2.45) is 5.92 Å². The third-order valence-electron chi connectivity index (χ3n) is 6.07. The standard InChI is InChI=1S/C17H29N5O5/c1-25-17(24)10-6-13-14(27-9-26-13)7-12(10)19-16(23)11-2-3-15(21-20-11)22-5-4-18-8-22/h10-15,18,20-21H,2-9H2,1H3,(H,19,23). The number of rotatable bonds is 4. The maximum absolute atomic E-state index is 12.8. The lowest BCUT2D eigenvalue weighted by atomic mass is 9.81. The SMILES string of the molecule is COC(=O)C1CC2OCOC2CC1NC(=O)C1CCC(N2CCNC2)NN1. The summed E-state index contributed by atoms with van der Waals surface area (Å²) in [5.74, 6) is -0.829. The summed E-state index contributed by atoms with van der Waals surface area (Å²) >= 11 is 0. The van der Waals surface area contributed by atoms with Crippen molar-refractivity contribution in [2.45, 2.75) is 56.1 Å². The largest absolute Gasteiger partial charge is 0.469 e. The molecule has 6 unspecified atom stereocenters. The summed E-state index contributed by atoms with van der Waals surface area (Å²) in [5, 5.41) is 6.36. The topological polar surface area (TPSA) is 113 Å². The Bertz CT molecular complexity index is 550. The van der Waals surface area contributed by atoms with Crippen LogP contribution in [0.3, 0.4) is 0 Å². The zero-order valence-electron chi connectivity index (χ0n) is 15.6. The molecule has 27 heavy (non-hydrogen) atoms. The molecule has 3 aliphatic heterocycles. The summed E-state index contributed by atoms with van der Waals surface area (Å²) in [5.41, 5.74) is 6.39. The second-order valence-electron chi connectivity index (χ2n) is 7.65. The van der Waals surface area contributed by atoms with Crippen molar-refractivity contribution in [3.63, 3.8) is 0 Å². The van der Waals surface area contributed by atoms with Crippen LogP contribution < -0.4 is 21.5 Å². The van der Waals surface area contributed by atoms with Crippen molar-refractivity contribution in [3.8, 4) is 0 Å². The monoisotopic (exact) mass is 383 g/mol. The number of carbonyl (C=O) groups is 2. The number of esters is 1. The lowest BCUT2D eigenvalue weighted by Gasteiger charge is -2.38. The van der Waals surface area contributed by atoms with E-state index in [1.165, 1.54) is 7.11 Å². The number of nitrogens with zero attached hydrogens (tertiary/aromatic N) is 1. The molecule has 10 nitrogen and oxygen atoms in total. The molecule has 4 aliphatic rings. The Morgan fingerprint density at radius 1 is 1.15 bits per heavy atom. The van der Waals surface area contributed by atoms with Crippen LogP contribution in [0.15, 0.2) is 0 Å². The first kappa shape index (κ1) is 19.0. The molecule has 3 saturated heterocycles. The molecule has 1 aliphatic carbocycles. The smallest absolute Gasteiger partial charge is 0.310 e. The molecule has 4 rings (SSSR count). The zero-order chi connectivity index (χ0) is 18.8. The highest BCUT2D eigenvalue weighted by Crippen LogP contribution is 2.33. The van der Waals surface area contributed by atoms with E-state index in [4.69, 9.17) is 14.2 Å². The first-order valence-electron chi connectivity index (χ1n) is 9.73. The summed E-state index contributed by atoms with van der Waals surface area (Å²) in [6, 6.07) is -0.635. The normalized spacial score (nSPS) is 39.7. The summed E-state index contributed by atoms with van der Waals surface area (Å²) in [6.07, 6.45) is 2.72. The molecule has 1 saturated carbocycles. The predicted molar refractivity (Wildman–Crippen MR) is 93.9 cm³/mol. The first-order valence-corrected chi connectivity index (χ1v) is 9.73. The van der Waals surface area contributed by atoms with E-state index in [9.17, 15) is 9.59 Å². The van der Waals surface area contributed by atoms with Gasteiger partial charge in [-0.05, 0) is 25.7 Å². The van der Waals surface area contributed by atoms with Gasteiger partial charge in [-0.25, -0.2) is 10.9 Å². The molecule has 0 aromatic heterocycles. The van der Waals surface area contributed by atoms with Gasteiger partial charge in [0.15, 0.2) is 0 Å². The second-order valence-corrected chi connectivity index (χ2v) is 7.65. The third kappa shape index (κ3) is 4.10. The number of methoxy groups -OCH3 is 1. The van der Waals surface area contributed by atoms with Gasteiger partial charge in [0.2, 0.25) is 5.91 Å². The van der Waals surface area contributed by atoms with Crippen LogP contribution in [0.2, 0.25) is 0 Å². The minimum absolute atomic E-state index is 0.0827. The van der Waals surface area contributed by atoms with E-state index in [0.29, 0.717) is 12.8 Å². The highest BCUT2D eigenvalue weighted by atomic mass is 16.7. The first-order chi connectivity index (χ1) is 13.2. The molecule has 3 heterocycles. The van der Waals surface area contributed by atoms with E-state index in [0.717, 1.165) is 32.6 Å². The van der Waals surface area contributed by atoms with E-state index in [-0.39, 0.29) is 49.1 Å². The number of hydrogen-bond acceptors (Lipinski definition) is 9. The van der Waals surface area contributed by atoms with Crippen LogP contribution in [-0.2, 0) is 23.8 Å². The number of ether oxygens (including phenoxy) is 3. The van der Waals surface area contributed by atoms with Crippen molar-refractivity contribution in [2.75, 3.05) is 33.7 Å². The molecular weight excluding hydrogens is 354 g/mol. The second kappa shape index (κ2) is 8.38. The van der Waals surface area contributed by atoms with Gasteiger partial charge in [0.25, 0.3) is 0 Å². The van der Waals surface area contributed by atoms with Crippen molar-refractivity contribution in [1.82, 2.24) is 26.4 Å². The minimum Gasteiger partial charge on any atom is -0.469 e. The fourth-order valence-corrected chi connectivity index (χ4v) is 4.48. The number of hydrogen-bond donors (Lipinski definition) is 4. The molecule has 1 amide bonds. The van der Waals surface area contributed by atoms with Crippen LogP contribution in [0.1, 0.15) is 25.7 Å². The number of fused-ring (bicyclic) bond motifs is 1. The fourth-order valence-electron chi connectivity index (χ4n) is 4.48. The molecule has 4 fully saturated rings. The average molecular weight is 383 g/mol. The van der Waals surface area contributed by atoms with Gasteiger partial charge in [-0.1, -0.05) is 0 Å². The molecule has 10 heteroatoms. The Morgan fingerprint density at radius 3 is 2.63 bits per heavy atom. The Balaban J connectivity index is 1.32. The van der Waals surface area contributed by atoms with Crippen LogP contribution in [0.5, 0.6) is 0 Å². The lowest BCUT2D eigenvalue weighted by Crippen LogP contribution is -2.63. The van der Waals surface area contributed by atoms with Crippen LogP contribution in [0.4, 0.5) is 0 Å². The van der Waals surface area contributed by atoms with Crippen LogP contribution in [0.25, 0.3) is 0 Å².